The first-order valence-corrected chi connectivity index (χ1v) is 6.64. The fraction of sp³-hybridized carbons (Fsp3) is 0.667. The van der Waals surface area contributed by atoms with Gasteiger partial charge in [0.05, 0.1) is 6.20 Å². The molecule has 0 bridgehead atoms. The summed E-state index contributed by atoms with van der Waals surface area (Å²) >= 11 is 6.18. The number of rotatable bonds is 2. The molecule has 1 aromatic rings. The van der Waals surface area contributed by atoms with Gasteiger partial charge in [0.25, 0.3) is 0 Å². The van der Waals surface area contributed by atoms with E-state index in [1.165, 1.54) is 25.7 Å². The van der Waals surface area contributed by atoms with Crippen molar-refractivity contribution < 1.29 is 0 Å². The zero-order valence-corrected chi connectivity index (χ0v) is 11.0. The maximum Gasteiger partial charge on any atom is 0.222 e. The van der Waals surface area contributed by atoms with Crippen LogP contribution in [0.1, 0.15) is 39.0 Å². The Morgan fingerprint density at radius 1 is 1.47 bits per heavy atom. The standard InChI is InChI=1S/C12H19ClN4/c1-2-9-6-4-3-5-7-17(9)11-10(13)8-15-12(14)16-11/h8-9H,2-7H2,1H3,(H2,14,15,16). The summed E-state index contributed by atoms with van der Waals surface area (Å²) < 4.78 is 0. The number of nitrogen functional groups attached to an aromatic ring is 1. The first-order chi connectivity index (χ1) is 8.22. The molecule has 1 atom stereocenters. The van der Waals surface area contributed by atoms with Crippen LogP contribution in [0.25, 0.3) is 0 Å². The highest BCUT2D eigenvalue weighted by atomic mass is 35.5. The minimum atomic E-state index is 0.295. The van der Waals surface area contributed by atoms with E-state index in [0.717, 1.165) is 18.8 Å². The zero-order chi connectivity index (χ0) is 12.3. The highest BCUT2D eigenvalue weighted by molar-refractivity contribution is 6.32. The predicted molar refractivity (Wildman–Crippen MR) is 71.3 cm³/mol. The van der Waals surface area contributed by atoms with Gasteiger partial charge >= 0.3 is 0 Å². The fourth-order valence-corrected chi connectivity index (χ4v) is 2.65. The Morgan fingerprint density at radius 2 is 2.29 bits per heavy atom. The van der Waals surface area contributed by atoms with E-state index in [1.54, 1.807) is 6.20 Å². The van der Waals surface area contributed by atoms with Crippen LogP contribution < -0.4 is 10.6 Å². The molecule has 2 rings (SSSR count). The molecule has 1 aliphatic rings. The highest BCUT2D eigenvalue weighted by Gasteiger charge is 2.23. The Labute approximate surface area is 107 Å². The number of nitrogens with zero attached hydrogens (tertiary/aromatic N) is 3. The number of hydrogen-bond donors (Lipinski definition) is 1. The van der Waals surface area contributed by atoms with Gasteiger partial charge < -0.3 is 10.6 Å². The van der Waals surface area contributed by atoms with Crippen LogP contribution in [-0.4, -0.2) is 22.6 Å². The second-order valence-electron chi connectivity index (χ2n) is 4.50. The second kappa shape index (κ2) is 5.54. The normalized spacial score (nSPS) is 21.3. The van der Waals surface area contributed by atoms with Gasteiger partial charge in [-0.3, -0.25) is 0 Å². The van der Waals surface area contributed by atoms with Crippen LogP contribution in [-0.2, 0) is 0 Å². The van der Waals surface area contributed by atoms with Crippen LogP contribution in [0.15, 0.2) is 6.20 Å². The lowest BCUT2D eigenvalue weighted by Crippen LogP contribution is -2.35. The molecule has 0 aromatic carbocycles. The molecule has 0 amide bonds. The molecule has 1 saturated heterocycles. The Bertz CT molecular complexity index is 383. The average molecular weight is 255 g/mol. The predicted octanol–water partition coefficient (Wildman–Crippen LogP) is 2.87. The lowest BCUT2D eigenvalue weighted by atomic mass is 10.1. The van der Waals surface area contributed by atoms with Gasteiger partial charge in [0.2, 0.25) is 5.95 Å². The molecule has 1 aliphatic heterocycles. The van der Waals surface area contributed by atoms with Crippen molar-refractivity contribution in [2.24, 2.45) is 0 Å². The minimum Gasteiger partial charge on any atom is -0.368 e. The fourth-order valence-electron chi connectivity index (χ4n) is 2.45. The average Bonchev–Trinajstić information content (AvgIpc) is 2.57. The third-order valence-electron chi connectivity index (χ3n) is 3.36. The first-order valence-electron chi connectivity index (χ1n) is 6.27. The summed E-state index contributed by atoms with van der Waals surface area (Å²) in [4.78, 5) is 10.5. The Morgan fingerprint density at radius 3 is 3.06 bits per heavy atom. The largest absolute Gasteiger partial charge is 0.368 e. The van der Waals surface area contributed by atoms with Crippen molar-refractivity contribution in [1.29, 1.82) is 0 Å². The third kappa shape index (κ3) is 2.80. The van der Waals surface area contributed by atoms with Gasteiger partial charge in [-0.15, -0.1) is 0 Å². The first kappa shape index (κ1) is 12.4. The van der Waals surface area contributed by atoms with Crippen LogP contribution in [0.4, 0.5) is 11.8 Å². The molecule has 0 aliphatic carbocycles. The van der Waals surface area contributed by atoms with Gasteiger partial charge in [0.1, 0.15) is 5.02 Å². The van der Waals surface area contributed by atoms with Crippen molar-refractivity contribution in [3.63, 3.8) is 0 Å². The molecule has 17 heavy (non-hydrogen) atoms. The van der Waals surface area contributed by atoms with Crippen molar-refractivity contribution in [2.45, 2.75) is 45.1 Å². The van der Waals surface area contributed by atoms with E-state index in [-0.39, 0.29) is 0 Å². The van der Waals surface area contributed by atoms with E-state index in [0.29, 0.717) is 17.0 Å². The molecule has 0 saturated carbocycles. The van der Waals surface area contributed by atoms with Crippen molar-refractivity contribution in [1.82, 2.24) is 9.97 Å². The van der Waals surface area contributed by atoms with Gasteiger partial charge in [-0.1, -0.05) is 31.4 Å². The minimum absolute atomic E-state index is 0.295. The van der Waals surface area contributed by atoms with Crippen LogP contribution in [0, 0.1) is 0 Å². The van der Waals surface area contributed by atoms with Crippen LogP contribution in [0.2, 0.25) is 5.02 Å². The van der Waals surface area contributed by atoms with E-state index in [2.05, 4.69) is 21.8 Å². The molecule has 0 radical (unpaired) electrons. The highest BCUT2D eigenvalue weighted by Crippen LogP contribution is 2.29. The van der Waals surface area contributed by atoms with Gasteiger partial charge in [-0.05, 0) is 19.3 Å². The van der Waals surface area contributed by atoms with E-state index >= 15 is 0 Å². The molecule has 5 heteroatoms. The van der Waals surface area contributed by atoms with Gasteiger partial charge in [0.15, 0.2) is 5.82 Å². The summed E-state index contributed by atoms with van der Waals surface area (Å²) in [5.74, 6) is 1.09. The van der Waals surface area contributed by atoms with E-state index < -0.39 is 0 Å². The molecule has 94 valence electrons. The summed E-state index contributed by atoms with van der Waals surface area (Å²) in [5, 5.41) is 0.597. The lowest BCUT2D eigenvalue weighted by Gasteiger charge is -2.30. The summed E-state index contributed by atoms with van der Waals surface area (Å²) in [7, 11) is 0. The lowest BCUT2D eigenvalue weighted by molar-refractivity contribution is 0.552. The Kier molecular flexibility index (Phi) is 4.05. The number of hydrogen-bond acceptors (Lipinski definition) is 4. The second-order valence-corrected chi connectivity index (χ2v) is 4.91. The number of nitrogens with two attached hydrogens (primary N) is 1. The summed E-state index contributed by atoms with van der Waals surface area (Å²) in [6, 6.07) is 0.518. The van der Waals surface area contributed by atoms with Gasteiger partial charge in [-0.2, -0.15) is 4.98 Å². The van der Waals surface area contributed by atoms with E-state index in [9.17, 15) is 0 Å². The molecule has 2 N–H and O–H groups in total. The Hall–Kier alpha value is -1.03. The monoisotopic (exact) mass is 254 g/mol. The summed E-state index contributed by atoms with van der Waals surface area (Å²) in [6.45, 7) is 3.22. The smallest absolute Gasteiger partial charge is 0.222 e. The zero-order valence-electron chi connectivity index (χ0n) is 10.2. The number of aromatic nitrogens is 2. The van der Waals surface area contributed by atoms with Crippen molar-refractivity contribution in [3.8, 4) is 0 Å². The summed E-state index contributed by atoms with van der Waals surface area (Å²) in [6.07, 6.45) is 7.67. The molecular formula is C12H19ClN4. The van der Waals surface area contributed by atoms with Gasteiger partial charge in [0, 0.05) is 12.6 Å². The van der Waals surface area contributed by atoms with E-state index in [4.69, 9.17) is 17.3 Å². The molecule has 1 fully saturated rings. The number of halogens is 1. The van der Waals surface area contributed by atoms with Crippen LogP contribution >= 0.6 is 11.6 Å². The molecule has 4 nitrogen and oxygen atoms in total. The number of anilines is 2. The van der Waals surface area contributed by atoms with Gasteiger partial charge in [-0.25, -0.2) is 4.98 Å². The maximum atomic E-state index is 6.18. The third-order valence-corrected chi connectivity index (χ3v) is 3.63. The molecule has 2 heterocycles. The summed E-state index contributed by atoms with van der Waals surface area (Å²) in [5.41, 5.74) is 5.65. The van der Waals surface area contributed by atoms with Crippen molar-refractivity contribution >= 4 is 23.4 Å². The topological polar surface area (TPSA) is 55.0 Å². The molecule has 1 unspecified atom stereocenters. The quantitative estimate of drug-likeness (QED) is 0.882. The van der Waals surface area contributed by atoms with Crippen LogP contribution in [0.5, 0.6) is 0 Å². The molecule has 0 spiro atoms. The molecule has 1 aromatic heterocycles. The SMILES string of the molecule is CCC1CCCCCN1c1nc(N)ncc1Cl. The Balaban J connectivity index is 2.31. The van der Waals surface area contributed by atoms with Crippen molar-refractivity contribution in [3.05, 3.63) is 11.2 Å². The van der Waals surface area contributed by atoms with Crippen molar-refractivity contribution in [2.75, 3.05) is 17.2 Å². The van der Waals surface area contributed by atoms with Crippen LogP contribution in [0.3, 0.4) is 0 Å². The maximum absolute atomic E-state index is 6.18. The van der Waals surface area contributed by atoms with E-state index in [1.807, 2.05) is 0 Å². The molecular weight excluding hydrogens is 236 g/mol.